The van der Waals surface area contributed by atoms with E-state index in [4.69, 9.17) is 0 Å². The fourth-order valence-electron chi connectivity index (χ4n) is 3.33. The van der Waals surface area contributed by atoms with Crippen LogP contribution in [0.3, 0.4) is 0 Å². The molecule has 6 heteroatoms. The third kappa shape index (κ3) is 4.24. The summed E-state index contributed by atoms with van der Waals surface area (Å²) in [5, 5.41) is 8.46. The fourth-order valence-corrected chi connectivity index (χ4v) is 3.33. The number of benzene rings is 1. The molecule has 1 atom stereocenters. The molecule has 1 aliphatic carbocycles. The van der Waals surface area contributed by atoms with Crippen LogP contribution in [0.15, 0.2) is 24.3 Å². The zero-order chi connectivity index (χ0) is 17.6. The van der Waals surface area contributed by atoms with Crippen LogP contribution in [0.4, 0.5) is 9.18 Å². The Hall–Kier alpha value is -2.11. The average molecular weight is 335 g/mol. The molecule has 0 aliphatic heterocycles. The van der Waals surface area contributed by atoms with E-state index in [-0.39, 0.29) is 23.8 Å². The van der Waals surface area contributed by atoms with E-state index in [1.807, 2.05) is 6.92 Å². The van der Waals surface area contributed by atoms with Gasteiger partial charge in [-0.2, -0.15) is 0 Å². The number of carbonyl (C=O) groups is 2. The molecule has 1 fully saturated rings. The molecule has 0 spiro atoms. The quantitative estimate of drug-likeness (QED) is 0.774. The zero-order valence-corrected chi connectivity index (χ0v) is 14.3. The van der Waals surface area contributed by atoms with Gasteiger partial charge in [-0.15, -0.1) is 0 Å². The number of hydrogen-bond acceptors (Lipinski definition) is 2. The van der Waals surface area contributed by atoms with Crippen molar-refractivity contribution in [2.75, 3.05) is 7.05 Å². The third-order valence-corrected chi connectivity index (χ3v) is 4.71. The van der Waals surface area contributed by atoms with Gasteiger partial charge in [-0.25, -0.2) is 9.18 Å². The van der Waals surface area contributed by atoms with Gasteiger partial charge in [0.1, 0.15) is 11.4 Å². The predicted octanol–water partition coefficient (Wildman–Crippen LogP) is 3.02. The smallest absolute Gasteiger partial charge is 0.316 e. The Labute approximate surface area is 142 Å². The Bertz CT molecular complexity index is 568. The van der Waals surface area contributed by atoms with Gasteiger partial charge in [0.05, 0.1) is 6.04 Å². The van der Waals surface area contributed by atoms with E-state index in [1.54, 1.807) is 19.2 Å². The van der Waals surface area contributed by atoms with Gasteiger partial charge in [-0.1, -0.05) is 38.3 Å². The van der Waals surface area contributed by atoms with Crippen LogP contribution in [0, 0.1) is 5.82 Å². The van der Waals surface area contributed by atoms with Gasteiger partial charge < -0.3 is 16.0 Å². The first-order chi connectivity index (χ1) is 11.5. The molecule has 5 nitrogen and oxygen atoms in total. The standard InChI is InChI=1S/C18H26FN3O2/c1-3-15(13-7-9-14(19)10-8-13)21-17(24)22-18(16(23)20-2)11-5-4-6-12-18/h7-10,15H,3-6,11-12H2,1-2H3,(H,20,23)(H2,21,22,24)/t15-/m0/s1. The van der Waals surface area contributed by atoms with E-state index in [2.05, 4.69) is 16.0 Å². The lowest BCUT2D eigenvalue weighted by molar-refractivity contribution is -0.128. The summed E-state index contributed by atoms with van der Waals surface area (Å²) in [5.41, 5.74) is 0.00438. The highest BCUT2D eigenvalue weighted by atomic mass is 19.1. The van der Waals surface area contributed by atoms with Crippen molar-refractivity contribution in [2.45, 2.75) is 57.0 Å². The molecule has 1 aromatic carbocycles. The van der Waals surface area contributed by atoms with Crippen LogP contribution in [0.2, 0.25) is 0 Å². The highest BCUT2D eigenvalue weighted by Crippen LogP contribution is 2.28. The lowest BCUT2D eigenvalue weighted by Gasteiger charge is -2.36. The lowest BCUT2D eigenvalue weighted by Crippen LogP contribution is -2.61. The van der Waals surface area contributed by atoms with E-state index >= 15 is 0 Å². The number of urea groups is 1. The first-order valence-corrected chi connectivity index (χ1v) is 8.57. The number of halogens is 1. The molecule has 1 saturated carbocycles. The van der Waals surface area contributed by atoms with Gasteiger partial charge in [0, 0.05) is 7.05 Å². The summed E-state index contributed by atoms with van der Waals surface area (Å²) in [6, 6.07) is 5.50. The van der Waals surface area contributed by atoms with E-state index in [0.717, 1.165) is 24.8 Å². The number of hydrogen-bond donors (Lipinski definition) is 3. The number of rotatable bonds is 5. The van der Waals surface area contributed by atoms with Crippen molar-refractivity contribution >= 4 is 11.9 Å². The Morgan fingerprint density at radius 1 is 1.17 bits per heavy atom. The van der Waals surface area contributed by atoms with E-state index in [0.29, 0.717) is 19.3 Å². The maximum Gasteiger partial charge on any atom is 0.316 e. The van der Waals surface area contributed by atoms with Crippen LogP contribution in [0.1, 0.15) is 57.1 Å². The largest absolute Gasteiger partial charge is 0.357 e. The molecule has 0 bridgehead atoms. The van der Waals surface area contributed by atoms with Gasteiger partial charge in [-0.05, 0) is 37.0 Å². The van der Waals surface area contributed by atoms with Crippen LogP contribution >= 0.6 is 0 Å². The van der Waals surface area contributed by atoms with Crippen molar-refractivity contribution in [3.63, 3.8) is 0 Å². The molecule has 0 unspecified atom stereocenters. The Morgan fingerprint density at radius 3 is 2.33 bits per heavy atom. The molecule has 132 valence electrons. The minimum absolute atomic E-state index is 0.146. The summed E-state index contributed by atoms with van der Waals surface area (Å²) in [5.74, 6) is -0.453. The molecule has 1 aliphatic rings. The summed E-state index contributed by atoms with van der Waals surface area (Å²) in [6.45, 7) is 1.95. The molecule has 0 radical (unpaired) electrons. The second-order valence-corrected chi connectivity index (χ2v) is 6.33. The second kappa shape index (κ2) is 8.13. The Balaban J connectivity index is 2.06. The van der Waals surface area contributed by atoms with E-state index < -0.39 is 5.54 Å². The van der Waals surface area contributed by atoms with Crippen LogP contribution < -0.4 is 16.0 Å². The highest BCUT2D eigenvalue weighted by Gasteiger charge is 2.40. The van der Waals surface area contributed by atoms with Crippen molar-refractivity contribution in [2.24, 2.45) is 0 Å². The predicted molar refractivity (Wildman–Crippen MR) is 91.0 cm³/mol. The minimum atomic E-state index is -0.835. The molecule has 0 saturated heterocycles. The van der Waals surface area contributed by atoms with Crippen molar-refractivity contribution < 1.29 is 14.0 Å². The lowest BCUT2D eigenvalue weighted by atomic mass is 9.81. The van der Waals surface area contributed by atoms with E-state index in [9.17, 15) is 14.0 Å². The minimum Gasteiger partial charge on any atom is -0.357 e. The van der Waals surface area contributed by atoms with Gasteiger partial charge in [0.2, 0.25) is 5.91 Å². The summed E-state index contributed by atoms with van der Waals surface area (Å²) in [7, 11) is 1.59. The summed E-state index contributed by atoms with van der Waals surface area (Å²) in [4.78, 5) is 24.8. The fraction of sp³-hybridized carbons (Fsp3) is 0.556. The molecule has 0 aromatic heterocycles. The maximum atomic E-state index is 13.1. The van der Waals surface area contributed by atoms with Crippen LogP contribution in [-0.4, -0.2) is 24.5 Å². The Kier molecular flexibility index (Phi) is 6.17. The normalized spacial score (nSPS) is 17.6. The second-order valence-electron chi connectivity index (χ2n) is 6.33. The number of carbonyl (C=O) groups excluding carboxylic acids is 2. The van der Waals surface area contributed by atoms with Crippen molar-refractivity contribution in [1.82, 2.24) is 16.0 Å². The Morgan fingerprint density at radius 2 is 1.79 bits per heavy atom. The van der Waals surface area contributed by atoms with Crippen molar-refractivity contribution in [1.29, 1.82) is 0 Å². The zero-order valence-electron chi connectivity index (χ0n) is 14.3. The third-order valence-electron chi connectivity index (χ3n) is 4.71. The summed E-state index contributed by atoms with van der Waals surface area (Å²) < 4.78 is 13.1. The van der Waals surface area contributed by atoms with Crippen LogP contribution in [0.5, 0.6) is 0 Å². The topological polar surface area (TPSA) is 70.2 Å². The number of amides is 3. The van der Waals surface area contributed by atoms with Gasteiger partial charge >= 0.3 is 6.03 Å². The molecule has 3 N–H and O–H groups in total. The molecule has 0 heterocycles. The molecular formula is C18H26FN3O2. The van der Waals surface area contributed by atoms with Gasteiger partial charge in [0.15, 0.2) is 0 Å². The van der Waals surface area contributed by atoms with Crippen LogP contribution in [0.25, 0.3) is 0 Å². The van der Waals surface area contributed by atoms with Gasteiger partial charge in [0.25, 0.3) is 0 Å². The van der Waals surface area contributed by atoms with E-state index in [1.165, 1.54) is 12.1 Å². The highest BCUT2D eigenvalue weighted by molar-refractivity contribution is 5.91. The molecular weight excluding hydrogens is 309 g/mol. The molecule has 2 rings (SSSR count). The maximum absolute atomic E-state index is 13.1. The SMILES string of the molecule is CC[C@H](NC(=O)NC1(C(=O)NC)CCCCC1)c1ccc(F)cc1. The van der Waals surface area contributed by atoms with Crippen LogP contribution in [-0.2, 0) is 4.79 Å². The molecule has 24 heavy (non-hydrogen) atoms. The first kappa shape index (κ1) is 18.2. The van der Waals surface area contributed by atoms with Crippen molar-refractivity contribution in [3.8, 4) is 0 Å². The average Bonchev–Trinajstić information content (AvgIpc) is 2.60. The summed E-state index contributed by atoms with van der Waals surface area (Å²) >= 11 is 0. The molecule has 1 aromatic rings. The first-order valence-electron chi connectivity index (χ1n) is 8.57. The number of nitrogens with one attached hydrogen (secondary N) is 3. The number of likely N-dealkylation sites (N-methyl/N-ethyl adjacent to an activating group) is 1. The van der Waals surface area contributed by atoms with Crippen molar-refractivity contribution in [3.05, 3.63) is 35.6 Å². The molecule has 3 amide bonds. The monoisotopic (exact) mass is 335 g/mol. The van der Waals surface area contributed by atoms with Gasteiger partial charge in [-0.3, -0.25) is 4.79 Å². The summed E-state index contributed by atoms with van der Waals surface area (Å²) in [6.07, 6.45) is 4.88.